The standard InChI is InChI=1S/C21H35OPSi/c1-24(2,3)21-16-14-20(15-17-21)23(22,18-10-6-4-7-11-18)19-12-8-5-9-13-19/h14-19H,4-13H2,1-3H3. The maximum atomic E-state index is 14.5. The van der Waals surface area contributed by atoms with E-state index in [0.717, 1.165) is 0 Å². The first-order valence-electron chi connectivity index (χ1n) is 10.1. The Hall–Kier alpha value is -0.333. The zero-order valence-corrected chi connectivity index (χ0v) is 17.8. The molecule has 0 unspecified atom stereocenters. The molecular formula is C21H35OPSi. The van der Waals surface area contributed by atoms with Crippen LogP contribution in [0.3, 0.4) is 0 Å². The first-order chi connectivity index (χ1) is 11.4. The largest absolute Gasteiger partial charge is 0.318 e. The van der Waals surface area contributed by atoms with Crippen LogP contribution in [0, 0.1) is 0 Å². The molecule has 2 saturated carbocycles. The fourth-order valence-electron chi connectivity index (χ4n) is 4.84. The molecule has 0 bridgehead atoms. The summed E-state index contributed by atoms with van der Waals surface area (Å²) in [7, 11) is -3.56. The summed E-state index contributed by atoms with van der Waals surface area (Å²) < 4.78 is 14.5. The molecule has 1 nitrogen and oxygen atoms in total. The van der Waals surface area contributed by atoms with Gasteiger partial charge in [0.25, 0.3) is 0 Å². The highest BCUT2D eigenvalue weighted by atomic mass is 31.2. The fourth-order valence-corrected chi connectivity index (χ4v) is 10.3. The predicted molar refractivity (Wildman–Crippen MR) is 110 cm³/mol. The Kier molecular flexibility index (Phi) is 5.77. The monoisotopic (exact) mass is 362 g/mol. The van der Waals surface area contributed by atoms with E-state index in [9.17, 15) is 4.57 Å². The predicted octanol–water partition coefficient (Wildman–Crippen LogP) is 5.89. The summed E-state index contributed by atoms with van der Waals surface area (Å²) >= 11 is 0. The van der Waals surface area contributed by atoms with Crippen LogP contribution in [0.2, 0.25) is 19.6 Å². The minimum atomic E-state index is -2.28. The molecule has 0 N–H and O–H groups in total. The maximum absolute atomic E-state index is 14.5. The van der Waals surface area contributed by atoms with Gasteiger partial charge in [-0.2, -0.15) is 0 Å². The summed E-state index contributed by atoms with van der Waals surface area (Å²) in [6, 6.07) is 9.13. The van der Waals surface area contributed by atoms with Gasteiger partial charge in [-0.3, -0.25) is 0 Å². The molecule has 2 aliphatic rings. The molecule has 3 rings (SSSR count). The SMILES string of the molecule is C[Si](C)(C)c1ccc(P(=O)(C2CCCCC2)C2CCCCC2)cc1. The van der Waals surface area contributed by atoms with Gasteiger partial charge < -0.3 is 4.57 Å². The summed E-state index contributed by atoms with van der Waals surface area (Å²) in [5.41, 5.74) is 0.930. The first-order valence-corrected chi connectivity index (χ1v) is 15.5. The van der Waals surface area contributed by atoms with E-state index in [4.69, 9.17) is 0 Å². The molecule has 2 fully saturated rings. The lowest BCUT2D eigenvalue weighted by Crippen LogP contribution is -2.38. The van der Waals surface area contributed by atoms with Gasteiger partial charge in [-0.15, -0.1) is 0 Å². The van der Waals surface area contributed by atoms with Crippen molar-refractivity contribution < 1.29 is 4.57 Å². The summed E-state index contributed by atoms with van der Waals surface area (Å²) in [6.07, 6.45) is 12.6. The topological polar surface area (TPSA) is 17.1 Å². The molecule has 0 aromatic heterocycles. The third-order valence-electron chi connectivity index (χ3n) is 6.37. The Balaban J connectivity index is 1.95. The van der Waals surface area contributed by atoms with Gasteiger partial charge in [-0.25, -0.2) is 0 Å². The van der Waals surface area contributed by atoms with Crippen LogP contribution >= 0.6 is 7.14 Å². The number of hydrogen-bond acceptors (Lipinski definition) is 1. The normalized spacial score (nSPS) is 21.8. The second-order valence-electron chi connectivity index (χ2n) is 9.09. The third kappa shape index (κ3) is 3.75. The molecule has 24 heavy (non-hydrogen) atoms. The van der Waals surface area contributed by atoms with Crippen LogP contribution in [0.15, 0.2) is 24.3 Å². The molecule has 0 spiro atoms. The van der Waals surface area contributed by atoms with Crippen molar-refractivity contribution in [3.63, 3.8) is 0 Å². The van der Waals surface area contributed by atoms with Crippen molar-refractivity contribution in [2.75, 3.05) is 0 Å². The Bertz CT molecular complexity index is 553. The van der Waals surface area contributed by atoms with E-state index in [1.54, 1.807) is 0 Å². The van der Waals surface area contributed by atoms with Gasteiger partial charge in [0.05, 0.1) is 8.07 Å². The zero-order valence-electron chi connectivity index (χ0n) is 15.9. The number of rotatable bonds is 4. The van der Waals surface area contributed by atoms with E-state index in [1.165, 1.54) is 74.7 Å². The third-order valence-corrected chi connectivity index (χ3v) is 12.7. The molecule has 0 heterocycles. The van der Waals surface area contributed by atoms with Crippen LogP contribution in [-0.2, 0) is 4.57 Å². The van der Waals surface area contributed by atoms with Gasteiger partial charge in [-0.1, -0.05) is 87.6 Å². The van der Waals surface area contributed by atoms with Crippen molar-refractivity contribution in [1.29, 1.82) is 0 Å². The number of benzene rings is 1. The van der Waals surface area contributed by atoms with Gasteiger partial charge in [-0.05, 0) is 25.7 Å². The highest BCUT2D eigenvalue weighted by Gasteiger charge is 2.42. The van der Waals surface area contributed by atoms with Crippen molar-refractivity contribution in [2.45, 2.75) is 95.2 Å². The van der Waals surface area contributed by atoms with Crippen molar-refractivity contribution in [3.05, 3.63) is 24.3 Å². The fraction of sp³-hybridized carbons (Fsp3) is 0.714. The molecular weight excluding hydrogens is 327 g/mol. The van der Waals surface area contributed by atoms with E-state index >= 15 is 0 Å². The first kappa shape index (κ1) is 18.5. The molecule has 0 amide bonds. The molecule has 0 radical (unpaired) electrons. The van der Waals surface area contributed by atoms with Crippen molar-refractivity contribution in [3.8, 4) is 0 Å². The Morgan fingerprint density at radius 1 is 0.750 bits per heavy atom. The molecule has 2 aliphatic carbocycles. The van der Waals surface area contributed by atoms with Gasteiger partial charge in [0.15, 0.2) is 0 Å². The Labute approximate surface area is 150 Å². The average Bonchev–Trinajstić information content (AvgIpc) is 2.62. The summed E-state index contributed by atoms with van der Waals surface area (Å²) in [5, 5.41) is 2.70. The second kappa shape index (κ2) is 7.50. The lowest BCUT2D eigenvalue weighted by Gasteiger charge is -2.38. The van der Waals surface area contributed by atoms with E-state index in [2.05, 4.69) is 43.9 Å². The molecule has 0 aliphatic heterocycles. The van der Waals surface area contributed by atoms with Gasteiger partial charge >= 0.3 is 0 Å². The molecule has 0 saturated heterocycles. The van der Waals surface area contributed by atoms with Gasteiger partial charge in [0, 0.05) is 16.6 Å². The molecule has 1 aromatic carbocycles. The highest BCUT2D eigenvalue weighted by molar-refractivity contribution is 7.73. The van der Waals surface area contributed by atoms with Crippen LogP contribution in [0.25, 0.3) is 0 Å². The van der Waals surface area contributed by atoms with E-state index in [0.29, 0.717) is 11.3 Å². The molecule has 3 heteroatoms. The quantitative estimate of drug-likeness (QED) is 0.482. The maximum Gasteiger partial charge on any atom is 0.121 e. The Morgan fingerprint density at radius 3 is 1.54 bits per heavy atom. The van der Waals surface area contributed by atoms with Crippen molar-refractivity contribution in [2.24, 2.45) is 0 Å². The van der Waals surface area contributed by atoms with Crippen LogP contribution in [-0.4, -0.2) is 19.4 Å². The summed E-state index contributed by atoms with van der Waals surface area (Å²) in [4.78, 5) is 0. The minimum absolute atomic E-state index is 0.465. The average molecular weight is 363 g/mol. The minimum Gasteiger partial charge on any atom is -0.318 e. The van der Waals surface area contributed by atoms with E-state index in [1.807, 2.05) is 0 Å². The lowest BCUT2D eigenvalue weighted by atomic mass is 9.99. The van der Waals surface area contributed by atoms with Gasteiger partial charge in [0.2, 0.25) is 0 Å². The molecule has 1 aromatic rings. The van der Waals surface area contributed by atoms with E-state index in [-0.39, 0.29) is 0 Å². The van der Waals surface area contributed by atoms with Crippen LogP contribution in [0.4, 0.5) is 0 Å². The van der Waals surface area contributed by atoms with Crippen molar-refractivity contribution in [1.82, 2.24) is 0 Å². The Morgan fingerprint density at radius 2 is 1.17 bits per heavy atom. The second-order valence-corrected chi connectivity index (χ2v) is 17.6. The van der Waals surface area contributed by atoms with E-state index < -0.39 is 15.2 Å². The van der Waals surface area contributed by atoms with Gasteiger partial charge in [0.1, 0.15) is 7.14 Å². The lowest BCUT2D eigenvalue weighted by molar-refractivity contribution is 0.453. The van der Waals surface area contributed by atoms with Crippen LogP contribution in [0.5, 0.6) is 0 Å². The molecule has 134 valence electrons. The zero-order chi connectivity index (χ0) is 17.2. The molecule has 0 atom stereocenters. The highest BCUT2D eigenvalue weighted by Crippen LogP contribution is 2.61. The van der Waals surface area contributed by atoms with Crippen LogP contribution in [0.1, 0.15) is 64.2 Å². The van der Waals surface area contributed by atoms with Crippen molar-refractivity contribution >= 4 is 25.7 Å². The number of hydrogen-bond donors (Lipinski definition) is 0. The summed E-state index contributed by atoms with van der Waals surface area (Å²) in [5.74, 6) is 0. The summed E-state index contributed by atoms with van der Waals surface area (Å²) in [6.45, 7) is 7.18. The smallest absolute Gasteiger partial charge is 0.121 e. The van der Waals surface area contributed by atoms with Crippen LogP contribution < -0.4 is 10.5 Å².